The maximum absolute atomic E-state index is 12.2. The van der Waals surface area contributed by atoms with Crippen LogP contribution in [0.25, 0.3) is 0 Å². The number of carboxylic acid groups (broad SMARTS) is 1. The highest BCUT2D eigenvalue weighted by molar-refractivity contribution is 7.90. The molecule has 1 aromatic rings. The number of fused-ring (bicyclic) bond motifs is 1. The van der Waals surface area contributed by atoms with Crippen LogP contribution < -0.4 is 4.90 Å². The standard InChI is InChI=1S/C14H17NO5S/c1-21(19,20)9-7-13(16)15-8-3-5-10-11(14(17)18)4-2-6-12(10)15/h2,4,6H,3,5,7-9H2,1H3,(H,17,18). The van der Waals surface area contributed by atoms with E-state index in [0.717, 1.165) is 6.26 Å². The lowest BCUT2D eigenvalue weighted by molar-refractivity contribution is -0.118. The molecule has 0 spiro atoms. The summed E-state index contributed by atoms with van der Waals surface area (Å²) >= 11 is 0. The van der Waals surface area contributed by atoms with Gasteiger partial charge in [0.15, 0.2) is 0 Å². The van der Waals surface area contributed by atoms with Gasteiger partial charge in [0.1, 0.15) is 9.84 Å². The topological polar surface area (TPSA) is 91.8 Å². The summed E-state index contributed by atoms with van der Waals surface area (Å²) in [6, 6.07) is 4.83. The predicted octanol–water partition coefficient (Wildman–Crippen LogP) is 1.10. The lowest BCUT2D eigenvalue weighted by atomic mass is 9.96. The van der Waals surface area contributed by atoms with Crippen molar-refractivity contribution in [3.05, 3.63) is 29.3 Å². The molecule has 0 bridgehead atoms. The molecule has 21 heavy (non-hydrogen) atoms. The summed E-state index contributed by atoms with van der Waals surface area (Å²) in [5, 5.41) is 9.19. The Bertz CT molecular complexity index is 681. The monoisotopic (exact) mass is 311 g/mol. The number of aromatic carboxylic acids is 1. The average Bonchev–Trinajstić information content (AvgIpc) is 2.42. The zero-order valence-electron chi connectivity index (χ0n) is 11.7. The second-order valence-corrected chi connectivity index (χ2v) is 7.40. The number of carbonyl (C=O) groups is 2. The van der Waals surface area contributed by atoms with E-state index >= 15 is 0 Å². The van der Waals surface area contributed by atoms with Crippen LogP contribution in [0.4, 0.5) is 5.69 Å². The van der Waals surface area contributed by atoms with Crippen molar-refractivity contribution >= 4 is 27.4 Å². The Morgan fingerprint density at radius 2 is 2.05 bits per heavy atom. The van der Waals surface area contributed by atoms with Crippen molar-refractivity contribution in [1.29, 1.82) is 0 Å². The van der Waals surface area contributed by atoms with Crippen LogP contribution in [0.3, 0.4) is 0 Å². The second kappa shape index (κ2) is 5.85. The molecule has 1 N–H and O–H groups in total. The van der Waals surface area contributed by atoms with Gasteiger partial charge < -0.3 is 10.0 Å². The molecular formula is C14H17NO5S. The van der Waals surface area contributed by atoms with Crippen molar-refractivity contribution in [3.63, 3.8) is 0 Å². The number of hydrogen-bond acceptors (Lipinski definition) is 4. The van der Waals surface area contributed by atoms with Gasteiger partial charge in [0, 0.05) is 24.9 Å². The quantitative estimate of drug-likeness (QED) is 0.899. The molecule has 1 aliphatic rings. The molecule has 0 saturated carbocycles. The number of hydrogen-bond donors (Lipinski definition) is 1. The minimum Gasteiger partial charge on any atom is -0.478 e. The molecule has 114 valence electrons. The minimum atomic E-state index is -3.20. The minimum absolute atomic E-state index is 0.0877. The summed E-state index contributed by atoms with van der Waals surface area (Å²) in [5.74, 6) is -1.50. The molecule has 1 heterocycles. The average molecular weight is 311 g/mol. The number of carboxylic acids is 1. The Labute approximate surface area is 123 Å². The van der Waals surface area contributed by atoms with E-state index in [1.807, 2.05) is 0 Å². The van der Waals surface area contributed by atoms with Gasteiger partial charge in [-0.15, -0.1) is 0 Å². The first-order valence-corrected chi connectivity index (χ1v) is 8.69. The first kappa shape index (κ1) is 15.5. The smallest absolute Gasteiger partial charge is 0.336 e. The number of anilines is 1. The van der Waals surface area contributed by atoms with Gasteiger partial charge in [-0.25, -0.2) is 13.2 Å². The number of rotatable bonds is 4. The highest BCUT2D eigenvalue weighted by atomic mass is 32.2. The molecule has 0 aliphatic carbocycles. The third-order valence-electron chi connectivity index (χ3n) is 3.47. The molecule has 6 nitrogen and oxygen atoms in total. The van der Waals surface area contributed by atoms with Crippen LogP contribution in [0.2, 0.25) is 0 Å². The Morgan fingerprint density at radius 1 is 1.33 bits per heavy atom. The van der Waals surface area contributed by atoms with Gasteiger partial charge >= 0.3 is 5.97 Å². The molecule has 0 unspecified atom stereocenters. The van der Waals surface area contributed by atoms with E-state index < -0.39 is 15.8 Å². The van der Waals surface area contributed by atoms with Crippen molar-refractivity contribution in [1.82, 2.24) is 0 Å². The maximum Gasteiger partial charge on any atom is 0.336 e. The zero-order chi connectivity index (χ0) is 15.6. The molecule has 1 aliphatic heterocycles. The molecule has 0 saturated heterocycles. The molecule has 0 aromatic heterocycles. The molecule has 0 fully saturated rings. The molecule has 2 rings (SSSR count). The van der Waals surface area contributed by atoms with Crippen LogP contribution in [-0.4, -0.2) is 44.0 Å². The van der Waals surface area contributed by atoms with E-state index in [0.29, 0.717) is 30.6 Å². The largest absolute Gasteiger partial charge is 0.478 e. The van der Waals surface area contributed by atoms with Gasteiger partial charge in [0.05, 0.1) is 11.3 Å². The fourth-order valence-electron chi connectivity index (χ4n) is 2.49. The van der Waals surface area contributed by atoms with Crippen LogP contribution in [-0.2, 0) is 21.1 Å². The third-order valence-corrected chi connectivity index (χ3v) is 4.41. The fourth-order valence-corrected chi connectivity index (χ4v) is 3.04. The van der Waals surface area contributed by atoms with Crippen LogP contribution in [0.1, 0.15) is 28.8 Å². The van der Waals surface area contributed by atoms with Gasteiger partial charge in [0.2, 0.25) is 5.91 Å². The zero-order valence-corrected chi connectivity index (χ0v) is 12.5. The lowest BCUT2D eigenvalue weighted by Gasteiger charge is -2.30. The highest BCUT2D eigenvalue weighted by Crippen LogP contribution is 2.30. The lowest BCUT2D eigenvalue weighted by Crippen LogP contribution is -2.36. The first-order valence-electron chi connectivity index (χ1n) is 6.63. The van der Waals surface area contributed by atoms with Gasteiger partial charge in [-0.2, -0.15) is 0 Å². The fraction of sp³-hybridized carbons (Fsp3) is 0.429. The molecule has 1 aromatic carbocycles. The number of benzene rings is 1. The van der Waals surface area contributed by atoms with Crippen LogP contribution >= 0.6 is 0 Å². The molecular weight excluding hydrogens is 294 g/mol. The van der Waals surface area contributed by atoms with E-state index in [1.54, 1.807) is 12.1 Å². The van der Waals surface area contributed by atoms with Gasteiger partial charge in [-0.05, 0) is 30.5 Å². The van der Waals surface area contributed by atoms with Gasteiger partial charge in [0.25, 0.3) is 0 Å². The summed E-state index contributed by atoms with van der Waals surface area (Å²) in [6.07, 6.45) is 2.28. The summed E-state index contributed by atoms with van der Waals surface area (Å²) < 4.78 is 22.3. The number of sulfone groups is 1. The normalized spacial score (nSPS) is 14.6. The van der Waals surface area contributed by atoms with Gasteiger partial charge in [-0.1, -0.05) is 6.07 Å². The Morgan fingerprint density at radius 3 is 2.67 bits per heavy atom. The van der Waals surface area contributed by atoms with Crippen molar-refractivity contribution in [3.8, 4) is 0 Å². The molecule has 1 amide bonds. The van der Waals surface area contributed by atoms with E-state index in [2.05, 4.69) is 0 Å². The highest BCUT2D eigenvalue weighted by Gasteiger charge is 2.26. The summed E-state index contributed by atoms with van der Waals surface area (Å²) in [7, 11) is -3.20. The van der Waals surface area contributed by atoms with E-state index in [4.69, 9.17) is 0 Å². The summed E-state index contributed by atoms with van der Waals surface area (Å²) in [4.78, 5) is 24.9. The van der Waals surface area contributed by atoms with Gasteiger partial charge in [-0.3, -0.25) is 4.79 Å². The van der Waals surface area contributed by atoms with Crippen molar-refractivity contribution in [2.24, 2.45) is 0 Å². The SMILES string of the molecule is CS(=O)(=O)CCC(=O)N1CCCc2c(C(=O)O)cccc21. The summed E-state index contributed by atoms with van der Waals surface area (Å²) in [6.45, 7) is 0.485. The van der Waals surface area contributed by atoms with Crippen LogP contribution in [0, 0.1) is 0 Å². The van der Waals surface area contributed by atoms with E-state index in [-0.39, 0.29) is 23.6 Å². The van der Waals surface area contributed by atoms with E-state index in [9.17, 15) is 23.1 Å². The third kappa shape index (κ3) is 3.60. The summed E-state index contributed by atoms with van der Waals surface area (Å²) in [5.41, 5.74) is 1.43. The molecule has 0 radical (unpaired) electrons. The van der Waals surface area contributed by atoms with Crippen LogP contribution in [0.5, 0.6) is 0 Å². The van der Waals surface area contributed by atoms with Crippen molar-refractivity contribution < 1.29 is 23.1 Å². The Kier molecular flexibility index (Phi) is 4.32. The van der Waals surface area contributed by atoms with E-state index in [1.165, 1.54) is 11.0 Å². The number of nitrogens with zero attached hydrogens (tertiary/aromatic N) is 1. The van der Waals surface area contributed by atoms with Crippen molar-refractivity contribution in [2.45, 2.75) is 19.3 Å². The first-order chi connectivity index (χ1) is 9.79. The predicted molar refractivity (Wildman–Crippen MR) is 78.4 cm³/mol. The maximum atomic E-state index is 12.2. The molecule has 0 atom stereocenters. The Hall–Kier alpha value is -1.89. The Balaban J connectivity index is 2.28. The van der Waals surface area contributed by atoms with Crippen LogP contribution in [0.15, 0.2) is 18.2 Å². The number of carbonyl (C=O) groups excluding carboxylic acids is 1. The second-order valence-electron chi connectivity index (χ2n) is 5.14. The number of amides is 1. The molecule has 7 heteroatoms. The van der Waals surface area contributed by atoms with Crippen molar-refractivity contribution in [2.75, 3.05) is 23.5 Å².